The second-order valence-electron chi connectivity index (χ2n) is 6.85. The Morgan fingerprint density at radius 3 is 2.47 bits per heavy atom. The fourth-order valence-corrected chi connectivity index (χ4v) is 3.29. The first kappa shape index (κ1) is 21.0. The summed E-state index contributed by atoms with van der Waals surface area (Å²) in [7, 11) is 0. The number of ketones is 1. The number of aromatic amines is 2. The van der Waals surface area contributed by atoms with Gasteiger partial charge in [-0.05, 0) is 45.4 Å². The molecule has 0 aliphatic heterocycles. The Hall–Kier alpha value is -3.68. The van der Waals surface area contributed by atoms with E-state index in [0.717, 1.165) is 6.07 Å². The van der Waals surface area contributed by atoms with Crippen LogP contribution in [0.1, 0.15) is 56.4 Å². The molecule has 0 unspecified atom stereocenters. The SMILES string of the molecule is CCOC(=O)c1c(C)[nH]c(C(=O)[C@H](C)OC(=O)c2cc(=O)c3ccccc3[nH]2)c1C. The third kappa shape index (κ3) is 3.89. The van der Waals surface area contributed by atoms with Crippen molar-refractivity contribution >= 4 is 28.6 Å². The van der Waals surface area contributed by atoms with Gasteiger partial charge in [0, 0.05) is 22.7 Å². The van der Waals surface area contributed by atoms with Crippen molar-refractivity contribution in [3.63, 3.8) is 0 Å². The van der Waals surface area contributed by atoms with E-state index in [0.29, 0.717) is 22.2 Å². The molecule has 0 fully saturated rings. The molecule has 0 aliphatic carbocycles. The number of H-pyrrole nitrogens is 2. The van der Waals surface area contributed by atoms with Crippen molar-refractivity contribution < 1.29 is 23.9 Å². The van der Waals surface area contributed by atoms with Gasteiger partial charge in [-0.1, -0.05) is 12.1 Å². The number of aromatic nitrogens is 2. The molecule has 0 bridgehead atoms. The third-order valence-electron chi connectivity index (χ3n) is 4.77. The van der Waals surface area contributed by atoms with E-state index in [1.807, 2.05) is 0 Å². The first-order chi connectivity index (χ1) is 14.2. The predicted molar refractivity (Wildman–Crippen MR) is 110 cm³/mol. The van der Waals surface area contributed by atoms with Crippen LogP contribution in [-0.4, -0.2) is 40.4 Å². The van der Waals surface area contributed by atoms with Gasteiger partial charge in [0.05, 0.1) is 17.9 Å². The largest absolute Gasteiger partial charge is 0.462 e. The highest BCUT2D eigenvalue weighted by atomic mass is 16.5. The van der Waals surface area contributed by atoms with E-state index >= 15 is 0 Å². The molecule has 2 N–H and O–H groups in total. The minimum Gasteiger partial charge on any atom is -0.462 e. The van der Waals surface area contributed by atoms with Crippen LogP contribution < -0.4 is 5.43 Å². The zero-order valence-corrected chi connectivity index (χ0v) is 17.1. The van der Waals surface area contributed by atoms with Crippen LogP contribution in [-0.2, 0) is 9.47 Å². The summed E-state index contributed by atoms with van der Waals surface area (Å²) in [5, 5.41) is 0.446. The van der Waals surface area contributed by atoms with Gasteiger partial charge in [0.2, 0.25) is 5.78 Å². The Morgan fingerprint density at radius 2 is 1.77 bits per heavy atom. The van der Waals surface area contributed by atoms with Gasteiger partial charge in [-0.25, -0.2) is 9.59 Å². The lowest BCUT2D eigenvalue weighted by Gasteiger charge is -2.12. The van der Waals surface area contributed by atoms with Crippen molar-refractivity contribution in [1.29, 1.82) is 0 Å². The molecule has 1 aromatic carbocycles. The van der Waals surface area contributed by atoms with Gasteiger partial charge in [-0.15, -0.1) is 0 Å². The molecule has 2 heterocycles. The summed E-state index contributed by atoms with van der Waals surface area (Å²) in [5.41, 5.74) is 1.49. The van der Waals surface area contributed by atoms with E-state index in [-0.39, 0.29) is 29.0 Å². The molecule has 156 valence electrons. The summed E-state index contributed by atoms with van der Waals surface area (Å²) in [6, 6.07) is 7.92. The number of Topliss-reactive ketones (excluding diaryl/α,β-unsaturated/α-hetero) is 1. The first-order valence-corrected chi connectivity index (χ1v) is 9.48. The van der Waals surface area contributed by atoms with E-state index in [2.05, 4.69) is 9.97 Å². The number of hydrogen-bond donors (Lipinski definition) is 2. The number of nitrogens with one attached hydrogen (secondary N) is 2. The molecule has 0 spiro atoms. The molecule has 1 atom stereocenters. The Morgan fingerprint density at radius 1 is 1.07 bits per heavy atom. The van der Waals surface area contributed by atoms with Crippen molar-refractivity contribution in [2.45, 2.75) is 33.8 Å². The molecule has 3 aromatic rings. The van der Waals surface area contributed by atoms with E-state index in [9.17, 15) is 19.2 Å². The second-order valence-corrected chi connectivity index (χ2v) is 6.85. The van der Waals surface area contributed by atoms with Gasteiger partial charge < -0.3 is 19.4 Å². The van der Waals surface area contributed by atoms with E-state index < -0.39 is 23.8 Å². The van der Waals surface area contributed by atoms with Crippen molar-refractivity contribution in [1.82, 2.24) is 9.97 Å². The summed E-state index contributed by atoms with van der Waals surface area (Å²) in [5.74, 6) is -1.85. The quantitative estimate of drug-likeness (QED) is 0.476. The average Bonchev–Trinajstić information content (AvgIpc) is 3.01. The Kier molecular flexibility index (Phi) is 5.86. The van der Waals surface area contributed by atoms with Gasteiger partial charge in [-0.3, -0.25) is 9.59 Å². The number of benzene rings is 1. The first-order valence-electron chi connectivity index (χ1n) is 9.48. The van der Waals surface area contributed by atoms with Crippen LogP contribution in [0.15, 0.2) is 35.1 Å². The summed E-state index contributed by atoms with van der Waals surface area (Å²) in [6.07, 6.45) is -1.14. The van der Waals surface area contributed by atoms with E-state index in [4.69, 9.17) is 9.47 Å². The number of ether oxygens (including phenoxy) is 2. The fraction of sp³-hybridized carbons (Fsp3) is 0.273. The van der Waals surface area contributed by atoms with Gasteiger partial charge in [-0.2, -0.15) is 0 Å². The van der Waals surface area contributed by atoms with Gasteiger partial charge >= 0.3 is 11.9 Å². The summed E-state index contributed by atoms with van der Waals surface area (Å²) >= 11 is 0. The zero-order chi connectivity index (χ0) is 22.0. The predicted octanol–water partition coefficient (Wildman–Crippen LogP) is 3.08. The number of fused-ring (bicyclic) bond motifs is 1. The van der Waals surface area contributed by atoms with Crippen LogP contribution in [0.5, 0.6) is 0 Å². The summed E-state index contributed by atoms with van der Waals surface area (Å²) in [4.78, 5) is 55.4. The van der Waals surface area contributed by atoms with Crippen molar-refractivity contribution in [3.8, 4) is 0 Å². The van der Waals surface area contributed by atoms with Gasteiger partial charge in [0.25, 0.3) is 0 Å². The van der Waals surface area contributed by atoms with Crippen LogP contribution in [0.3, 0.4) is 0 Å². The third-order valence-corrected chi connectivity index (χ3v) is 4.77. The number of para-hydroxylation sites is 1. The minimum absolute atomic E-state index is 0.0510. The summed E-state index contributed by atoms with van der Waals surface area (Å²) in [6.45, 7) is 6.62. The highest BCUT2D eigenvalue weighted by Crippen LogP contribution is 2.21. The number of hydrogen-bond acceptors (Lipinski definition) is 6. The van der Waals surface area contributed by atoms with Crippen LogP contribution in [0.2, 0.25) is 0 Å². The molecule has 0 saturated heterocycles. The maximum absolute atomic E-state index is 12.8. The smallest absolute Gasteiger partial charge is 0.355 e. The number of carbonyl (C=O) groups excluding carboxylic acids is 3. The highest BCUT2D eigenvalue weighted by Gasteiger charge is 2.28. The van der Waals surface area contributed by atoms with Crippen LogP contribution >= 0.6 is 0 Å². The average molecular weight is 410 g/mol. The molecule has 0 radical (unpaired) electrons. The molecular formula is C22H22N2O6. The molecule has 30 heavy (non-hydrogen) atoms. The minimum atomic E-state index is -1.14. The van der Waals surface area contributed by atoms with Crippen LogP contribution in [0.25, 0.3) is 10.9 Å². The highest BCUT2D eigenvalue weighted by molar-refractivity contribution is 6.04. The molecule has 0 aliphatic rings. The molecule has 8 nitrogen and oxygen atoms in total. The maximum Gasteiger partial charge on any atom is 0.355 e. The normalized spacial score (nSPS) is 11.9. The number of aryl methyl sites for hydroxylation is 1. The molecule has 3 rings (SSSR count). The number of esters is 2. The van der Waals surface area contributed by atoms with Crippen LogP contribution in [0.4, 0.5) is 0 Å². The standard InChI is InChI=1S/C22H22N2O6/c1-5-29-22(28)18-11(2)19(23-12(18)3)20(26)13(4)30-21(27)16-10-17(25)14-8-6-7-9-15(14)24-16/h6-10,13,23H,5H2,1-4H3,(H,24,25)/t13-/m0/s1. The zero-order valence-electron chi connectivity index (χ0n) is 17.1. The second kappa shape index (κ2) is 8.36. The molecule has 0 amide bonds. The lowest BCUT2D eigenvalue weighted by molar-refractivity contribution is 0.0311. The Labute approximate surface area is 172 Å². The Balaban J connectivity index is 1.83. The van der Waals surface area contributed by atoms with Gasteiger partial charge in [0.1, 0.15) is 5.69 Å². The van der Waals surface area contributed by atoms with E-state index in [1.165, 1.54) is 6.92 Å². The topological polar surface area (TPSA) is 118 Å². The van der Waals surface area contributed by atoms with Gasteiger partial charge in [0.15, 0.2) is 11.5 Å². The molecular weight excluding hydrogens is 388 g/mol. The van der Waals surface area contributed by atoms with Crippen molar-refractivity contribution in [2.24, 2.45) is 0 Å². The lowest BCUT2D eigenvalue weighted by atomic mass is 10.1. The number of carbonyl (C=O) groups is 3. The maximum atomic E-state index is 12.8. The van der Waals surface area contributed by atoms with Crippen molar-refractivity contribution in [3.05, 3.63) is 68.8 Å². The number of pyridine rings is 1. The lowest BCUT2D eigenvalue weighted by Crippen LogP contribution is -2.26. The summed E-state index contributed by atoms with van der Waals surface area (Å²) < 4.78 is 10.3. The Bertz CT molecular complexity index is 1200. The molecule has 0 saturated carbocycles. The van der Waals surface area contributed by atoms with Crippen molar-refractivity contribution in [2.75, 3.05) is 6.61 Å². The monoisotopic (exact) mass is 410 g/mol. The molecule has 2 aromatic heterocycles. The number of rotatable bonds is 6. The fourth-order valence-electron chi connectivity index (χ4n) is 3.29. The van der Waals surface area contributed by atoms with Crippen LogP contribution in [0, 0.1) is 13.8 Å². The van der Waals surface area contributed by atoms with E-state index in [1.54, 1.807) is 45.0 Å². The molecule has 8 heteroatoms.